The van der Waals surface area contributed by atoms with Gasteiger partial charge in [-0.3, -0.25) is 0 Å². The number of hydrogen-bond acceptors (Lipinski definition) is 2. The second-order valence-electron chi connectivity index (χ2n) is 4.28. The lowest BCUT2D eigenvalue weighted by atomic mass is 10.0. The van der Waals surface area contributed by atoms with Crippen molar-refractivity contribution in [3.05, 3.63) is 30.1 Å². The van der Waals surface area contributed by atoms with E-state index in [4.69, 9.17) is 0 Å². The van der Waals surface area contributed by atoms with Gasteiger partial charge in [0.05, 0.1) is 17.4 Å². The molecule has 0 aliphatic carbocycles. The minimum atomic E-state index is 0.557. The quantitative estimate of drug-likeness (QED) is 0.850. The zero-order valence-corrected chi connectivity index (χ0v) is 10.2. The van der Waals surface area contributed by atoms with Crippen molar-refractivity contribution in [1.29, 1.82) is 0 Å². The summed E-state index contributed by atoms with van der Waals surface area (Å²) in [5.74, 6) is 0. The molecule has 16 heavy (non-hydrogen) atoms. The van der Waals surface area contributed by atoms with Gasteiger partial charge < -0.3 is 9.88 Å². The number of aromatic nitrogens is 2. The molecular formula is C13H19N3. The summed E-state index contributed by atoms with van der Waals surface area (Å²) in [6.07, 6.45) is 4.08. The Morgan fingerprint density at radius 1 is 1.44 bits per heavy atom. The molecule has 1 atom stereocenters. The average molecular weight is 217 g/mol. The van der Waals surface area contributed by atoms with Gasteiger partial charge in [0, 0.05) is 13.1 Å². The van der Waals surface area contributed by atoms with Crippen molar-refractivity contribution in [2.75, 3.05) is 7.05 Å². The molecular weight excluding hydrogens is 198 g/mol. The molecule has 1 aromatic carbocycles. The summed E-state index contributed by atoms with van der Waals surface area (Å²) in [4.78, 5) is 4.38. The van der Waals surface area contributed by atoms with Crippen molar-refractivity contribution in [3.63, 3.8) is 0 Å². The second-order valence-corrected chi connectivity index (χ2v) is 4.28. The topological polar surface area (TPSA) is 29.9 Å². The van der Waals surface area contributed by atoms with Crippen LogP contribution in [-0.2, 0) is 13.5 Å². The Balaban J connectivity index is 2.25. The van der Waals surface area contributed by atoms with Crippen LogP contribution in [0.5, 0.6) is 0 Å². The van der Waals surface area contributed by atoms with E-state index in [1.165, 1.54) is 11.1 Å². The minimum absolute atomic E-state index is 0.557. The van der Waals surface area contributed by atoms with E-state index < -0.39 is 0 Å². The Bertz CT molecular complexity index is 469. The van der Waals surface area contributed by atoms with Crippen molar-refractivity contribution in [3.8, 4) is 0 Å². The first-order valence-electron chi connectivity index (χ1n) is 5.81. The first-order valence-corrected chi connectivity index (χ1v) is 5.81. The third kappa shape index (κ3) is 2.09. The normalized spacial score (nSPS) is 13.2. The predicted octanol–water partition coefficient (Wildman–Crippen LogP) is 2.11. The molecule has 0 aliphatic rings. The van der Waals surface area contributed by atoms with Gasteiger partial charge in [-0.05, 0) is 37.6 Å². The van der Waals surface area contributed by atoms with Crippen molar-refractivity contribution >= 4 is 11.0 Å². The summed E-state index contributed by atoms with van der Waals surface area (Å²) in [6, 6.07) is 7.10. The number of fused-ring (bicyclic) bond motifs is 1. The average Bonchev–Trinajstić information content (AvgIpc) is 2.68. The van der Waals surface area contributed by atoms with Crippen LogP contribution in [0.3, 0.4) is 0 Å². The number of aryl methyl sites for hydroxylation is 1. The molecule has 0 saturated carbocycles. The molecule has 86 valence electrons. The summed E-state index contributed by atoms with van der Waals surface area (Å²) in [5.41, 5.74) is 3.64. The highest BCUT2D eigenvalue weighted by molar-refractivity contribution is 5.75. The molecule has 0 fully saturated rings. The third-order valence-corrected chi connectivity index (χ3v) is 3.17. The molecule has 3 heteroatoms. The maximum absolute atomic E-state index is 4.38. The lowest BCUT2D eigenvalue weighted by molar-refractivity contribution is 0.543. The molecule has 0 amide bonds. The third-order valence-electron chi connectivity index (χ3n) is 3.17. The number of imidazole rings is 1. The van der Waals surface area contributed by atoms with Crippen LogP contribution in [0.4, 0.5) is 0 Å². The SMILES string of the molecule is CCC(Cc1ccc2c(c1)ncn2C)NC. The van der Waals surface area contributed by atoms with Gasteiger partial charge in [0.25, 0.3) is 0 Å². The summed E-state index contributed by atoms with van der Waals surface area (Å²) in [6.45, 7) is 2.21. The summed E-state index contributed by atoms with van der Waals surface area (Å²) in [7, 11) is 4.05. The molecule has 0 saturated heterocycles. The molecule has 3 nitrogen and oxygen atoms in total. The van der Waals surface area contributed by atoms with Crippen LogP contribution in [0, 0.1) is 0 Å². The molecule has 2 aromatic rings. The first-order chi connectivity index (χ1) is 7.74. The van der Waals surface area contributed by atoms with E-state index in [0.717, 1.165) is 18.4 Å². The summed E-state index contributed by atoms with van der Waals surface area (Å²) in [5, 5.41) is 3.33. The fourth-order valence-corrected chi connectivity index (χ4v) is 2.04. The van der Waals surface area contributed by atoms with Crippen molar-refractivity contribution in [2.45, 2.75) is 25.8 Å². The molecule has 0 radical (unpaired) electrons. The molecule has 1 aromatic heterocycles. The summed E-state index contributed by atoms with van der Waals surface area (Å²) < 4.78 is 2.05. The Morgan fingerprint density at radius 3 is 2.94 bits per heavy atom. The highest BCUT2D eigenvalue weighted by Gasteiger charge is 2.06. The van der Waals surface area contributed by atoms with E-state index in [-0.39, 0.29) is 0 Å². The molecule has 0 spiro atoms. The Morgan fingerprint density at radius 2 is 2.25 bits per heavy atom. The first kappa shape index (κ1) is 11.1. The van der Waals surface area contributed by atoms with Crippen LogP contribution in [-0.4, -0.2) is 22.6 Å². The van der Waals surface area contributed by atoms with Gasteiger partial charge in [0.1, 0.15) is 0 Å². The summed E-state index contributed by atoms with van der Waals surface area (Å²) >= 11 is 0. The number of nitrogens with one attached hydrogen (secondary N) is 1. The van der Waals surface area contributed by atoms with Crippen LogP contribution in [0.25, 0.3) is 11.0 Å². The molecule has 1 N–H and O–H groups in total. The zero-order chi connectivity index (χ0) is 11.5. The number of benzene rings is 1. The number of likely N-dealkylation sites (N-methyl/N-ethyl adjacent to an activating group) is 1. The fourth-order valence-electron chi connectivity index (χ4n) is 2.04. The van der Waals surface area contributed by atoms with Crippen LogP contribution in [0.2, 0.25) is 0 Å². The molecule has 1 unspecified atom stereocenters. The largest absolute Gasteiger partial charge is 0.334 e. The van der Waals surface area contributed by atoms with Crippen LogP contribution < -0.4 is 5.32 Å². The van der Waals surface area contributed by atoms with E-state index in [9.17, 15) is 0 Å². The molecule has 0 bridgehead atoms. The van der Waals surface area contributed by atoms with Crippen LogP contribution >= 0.6 is 0 Å². The van der Waals surface area contributed by atoms with E-state index in [0.29, 0.717) is 6.04 Å². The predicted molar refractivity (Wildman–Crippen MR) is 67.6 cm³/mol. The van der Waals surface area contributed by atoms with Gasteiger partial charge in [-0.25, -0.2) is 4.98 Å². The Labute approximate surface area is 96.5 Å². The van der Waals surface area contributed by atoms with Gasteiger partial charge in [0.2, 0.25) is 0 Å². The van der Waals surface area contributed by atoms with Crippen LogP contribution in [0.15, 0.2) is 24.5 Å². The van der Waals surface area contributed by atoms with Gasteiger partial charge >= 0.3 is 0 Å². The maximum atomic E-state index is 4.38. The zero-order valence-electron chi connectivity index (χ0n) is 10.2. The highest BCUT2D eigenvalue weighted by Crippen LogP contribution is 2.15. The standard InChI is InChI=1S/C13H19N3/c1-4-11(14-2)7-10-5-6-13-12(8-10)15-9-16(13)3/h5-6,8-9,11,14H,4,7H2,1-3H3. The molecule has 1 heterocycles. The maximum Gasteiger partial charge on any atom is 0.0955 e. The van der Waals surface area contributed by atoms with Crippen molar-refractivity contribution < 1.29 is 0 Å². The van der Waals surface area contributed by atoms with Crippen molar-refractivity contribution in [1.82, 2.24) is 14.9 Å². The smallest absolute Gasteiger partial charge is 0.0955 e. The van der Waals surface area contributed by atoms with E-state index in [2.05, 4.69) is 40.0 Å². The number of hydrogen-bond donors (Lipinski definition) is 1. The molecule has 2 rings (SSSR count). The fraction of sp³-hybridized carbons (Fsp3) is 0.462. The van der Waals surface area contributed by atoms with Crippen molar-refractivity contribution in [2.24, 2.45) is 7.05 Å². The van der Waals surface area contributed by atoms with Crippen LogP contribution in [0.1, 0.15) is 18.9 Å². The van der Waals surface area contributed by atoms with E-state index in [1.807, 2.05) is 20.4 Å². The van der Waals surface area contributed by atoms with Gasteiger partial charge in [-0.15, -0.1) is 0 Å². The monoisotopic (exact) mass is 217 g/mol. The van der Waals surface area contributed by atoms with Gasteiger partial charge in [0.15, 0.2) is 0 Å². The highest BCUT2D eigenvalue weighted by atomic mass is 15.0. The second kappa shape index (κ2) is 4.66. The van der Waals surface area contributed by atoms with E-state index >= 15 is 0 Å². The Hall–Kier alpha value is -1.35. The number of rotatable bonds is 4. The lowest BCUT2D eigenvalue weighted by Gasteiger charge is -2.13. The van der Waals surface area contributed by atoms with Gasteiger partial charge in [-0.1, -0.05) is 13.0 Å². The molecule has 0 aliphatic heterocycles. The number of nitrogens with zero attached hydrogens (tertiary/aromatic N) is 2. The Kier molecular flexibility index (Phi) is 3.25. The minimum Gasteiger partial charge on any atom is -0.334 e. The lowest BCUT2D eigenvalue weighted by Crippen LogP contribution is -2.26. The van der Waals surface area contributed by atoms with Gasteiger partial charge in [-0.2, -0.15) is 0 Å². The van der Waals surface area contributed by atoms with E-state index in [1.54, 1.807) is 0 Å².